The van der Waals surface area contributed by atoms with Crippen molar-refractivity contribution in [1.82, 2.24) is 9.80 Å². The molecule has 15 nitrogen and oxygen atoms in total. The number of rotatable bonds is 4. The topological polar surface area (TPSA) is 180 Å². The number of benzene rings is 1. The second-order valence-corrected chi connectivity index (χ2v) is 22.0. The highest BCUT2D eigenvalue weighted by Gasteiger charge is 2.65. The highest BCUT2D eigenvalue weighted by Crippen LogP contribution is 2.61. The number of nitrogens with zero attached hydrogens (tertiary/aromatic N) is 3. The van der Waals surface area contributed by atoms with E-state index in [1.54, 1.807) is 107 Å². The molecule has 0 atom stereocenters. The summed E-state index contributed by atoms with van der Waals surface area (Å²) in [5.74, 6) is -1.68. The molecule has 4 fully saturated rings. The number of esters is 1. The number of halogens is 1. The quantitative estimate of drug-likeness (QED) is 0.130. The summed E-state index contributed by atoms with van der Waals surface area (Å²) < 4.78 is 35.4. The van der Waals surface area contributed by atoms with Crippen LogP contribution in [0.4, 0.5) is 19.2 Å². The van der Waals surface area contributed by atoms with Crippen molar-refractivity contribution < 1.29 is 78.7 Å². The molecular weight excluding hydrogens is 853 g/mol. The third kappa shape index (κ3) is 11.1. The van der Waals surface area contributed by atoms with Crippen LogP contribution in [-0.4, -0.2) is 79.4 Å². The fourth-order valence-corrected chi connectivity index (χ4v) is 9.95. The molecule has 1 aliphatic heterocycles. The first-order chi connectivity index (χ1) is 26.1. The van der Waals surface area contributed by atoms with Gasteiger partial charge in [-0.1, -0.05) is 12.1 Å². The van der Waals surface area contributed by atoms with Crippen LogP contribution in [0.3, 0.4) is 0 Å². The molecule has 1 spiro atoms. The van der Waals surface area contributed by atoms with Crippen molar-refractivity contribution in [2.45, 2.75) is 150 Å². The van der Waals surface area contributed by atoms with Crippen molar-refractivity contribution in [3.8, 4) is 0 Å². The molecule has 1 N–H and O–H groups in total. The summed E-state index contributed by atoms with van der Waals surface area (Å²) in [5, 5.41) is 11.3. The van der Waals surface area contributed by atoms with Gasteiger partial charge >= 0.3 is 61.1 Å². The predicted octanol–water partition coefficient (Wildman–Crippen LogP) is 5.60. The van der Waals surface area contributed by atoms with Crippen LogP contribution in [0.15, 0.2) is 38.8 Å². The molecule has 6 rings (SSSR count). The van der Waals surface area contributed by atoms with E-state index in [1.165, 1.54) is 6.42 Å². The van der Waals surface area contributed by atoms with Crippen molar-refractivity contribution in [3.63, 3.8) is 0 Å². The highest BCUT2D eigenvalue weighted by atomic mass is 127. The normalized spacial score (nSPS) is 24.7. The summed E-state index contributed by atoms with van der Waals surface area (Å²) >= 11 is -1.39. The zero-order valence-electron chi connectivity index (χ0n) is 35.0. The molecule has 0 radical (unpaired) electrons. The summed E-state index contributed by atoms with van der Waals surface area (Å²) in [7, 11) is 0. The van der Waals surface area contributed by atoms with E-state index in [0.29, 0.717) is 25.9 Å². The molecule has 57 heavy (non-hydrogen) atoms. The Labute approximate surface area is 345 Å². The number of aliphatic imine (C=N–C) groups is 1. The average molecular weight is 911 g/mol. The summed E-state index contributed by atoms with van der Waals surface area (Å²) in [6.45, 7) is 18.7. The van der Waals surface area contributed by atoms with Gasteiger partial charge in [0.25, 0.3) is 5.79 Å². The minimum Gasteiger partial charge on any atom is -0.477 e. The highest BCUT2D eigenvalue weighted by molar-refractivity contribution is 6.13. The maximum absolute atomic E-state index is 14.2. The Hall–Kier alpha value is -4.09. The van der Waals surface area contributed by atoms with E-state index in [9.17, 15) is 29.1 Å². The third-order valence-corrected chi connectivity index (χ3v) is 12.1. The zero-order chi connectivity index (χ0) is 42.5. The number of aliphatic hydroxyl groups is 1. The van der Waals surface area contributed by atoms with Gasteiger partial charge in [-0.25, -0.2) is 28.9 Å². The van der Waals surface area contributed by atoms with Gasteiger partial charge in [0, 0.05) is 11.8 Å². The van der Waals surface area contributed by atoms with Gasteiger partial charge in [-0.2, -0.15) is 0 Å². The predicted molar refractivity (Wildman–Crippen MR) is 201 cm³/mol. The lowest BCUT2D eigenvalue weighted by Gasteiger charge is -2.59. The SMILES string of the molecule is CC(C)(C)OC(=O)/N=C(/N(Cc1cccc([I+]C2=C(O)OC3(OC2=O)C2CC4CC(C2)CC3C4)c1)C(=O)OC(C)(C)C)N(C(=O)OC(C)(C)C)C(=O)OC(C)(C)C. The van der Waals surface area contributed by atoms with E-state index in [2.05, 4.69) is 4.99 Å². The second-order valence-electron chi connectivity index (χ2n) is 19.1. The first-order valence-corrected chi connectivity index (χ1v) is 21.4. The molecule has 314 valence electrons. The van der Waals surface area contributed by atoms with Crippen molar-refractivity contribution in [1.29, 1.82) is 0 Å². The van der Waals surface area contributed by atoms with Crippen molar-refractivity contribution in [2.75, 3.05) is 0 Å². The number of hydrogen-bond donors (Lipinski definition) is 1. The Bertz CT molecular complexity index is 1770. The molecular formula is C41H57IN3O12+. The Morgan fingerprint density at radius 2 is 1.25 bits per heavy atom. The number of amides is 4. The van der Waals surface area contributed by atoms with Crippen LogP contribution >= 0.6 is 0 Å². The zero-order valence-corrected chi connectivity index (χ0v) is 37.2. The van der Waals surface area contributed by atoms with Crippen LogP contribution in [0, 0.1) is 27.2 Å². The van der Waals surface area contributed by atoms with Crippen LogP contribution in [0.1, 0.15) is 121 Å². The Balaban J connectivity index is 1.53. The van der Waals surface area contributed by atoms with Gasteiger partial charge in [-0.05, 0) is 145 Å². The Morgan fingerprint density at radius 1 is 0.754 bits per heavy atom. The smallest absolute Gasteiger partial charge is 0.437 e. The Morgan fingerprint density at radius 3 is 1.72 bits per heavy atom. The number of aliphatic hydroxyl groups excluding tert-OH is 1. The molecule has 4 aliphatic carbocycles. The van der Waals surface area contributed by atoms with E-state index in [4.69, 9.17) is 28.4 Å². The number of ether oxygens (including phenoxy) is 6. The van der Waals surface area contributed by atoms with Crippen LogP contribution in [0.2, 0.25) is 0 Å². The lowest BCUT2D eigenvalue weighted by molar-refractivity contribution is -0.580. The average Bonchev–Trinajstić information content (AvgIpc) is 3.00. The molecule has 1 aromatic carbocycles. The van der Waals surface area contributed by atoms with Crippen molar-refractivity contribution in [3.05, 3.63) is 42.9 Å². The summed E-state index contributed by atoms with van der Waals surface area (Å²) in [6.07, 6.45) is -0.0419. The minimum atomic E-state index is -1.39. The van der Waals surface area contributed by atoms with E-state index in [1.807, 2.05) is 0 Å². The van der Waals surface area contributed by atoms with Gasteiger partial charge in [0.1, 0.15) is 22.4 Å². The largest absolute Gasteiger partial charge is 0.477 e. The van der Waals surface area contributed by atoms with E-state index < -0.39 is 98.2 Å². The van der Waals surface area contributed by atoms with E-state index in [0.717, 1.165) is 30.6 Å². The number of imide groups is 1. The van der Waals surface area contributed by atoms with E-state index in [-0.39, 0.29) is 15.4 Å². The number of hydrogen-bond acceptors (Lipinski definition) is 12. The van der Waals surface area contributed by atoms with Crippen LogP contribution in [0.5, 0.6) is 0 Å². The molecule has 0 unspecified atom stereocenters. The first kappa shape index (κ1) is 44.0. The molecule has 1 aromatic rings. The van der Waals surface area contributed by atoms with Gasteiger partial charge in [0.2, 0.25) is 5.96 Å². The summed E-state index contributed by atoms with van der Waals surface area (Å²) in [5.41, 5.74) is -3.98. The third-order valence-electron chi connectivity index (χ3n) is 9.38. The molecule has 16 heteroatoms. The van der Waals surface area contributed by atoms with Gasteiger partial charge in [-0.3, -0.25) is 0 Å². The van der Waals surface area contributed by atoms with Crippen LogP contribution in [0.25, 0.3) is 0 Å². The molecule has 0 saturated heterocycles. The lowest BCUT2D eigenvalue weighted by atomic mass is 9.53. The standard InChI is InChI=1S/C41H56IN3O12/c1-37(2,3)54-33(48)43-32(45(35(50)56-39(7,8)9)36(51)57-40(10,11)12)44(34(49)55-38(4,5)6)22-23-14-13-15-28(21-23)42-29-30(46)52-41(53-31(29)47)26-17-24-16-25(19-26)20-27(41)18-24/h13-15,21,24-27H,16-20,22H2,1-12H3/p+1/b43-32-. The first-order valence-electron chi connectivity index (χ1n) is 19.3. The fraction of sp³-hybridized carbons (Fsp3) is 0.659. The van der Waals surface area contributed by atoms with E-state index >= 15 is 0 Å². The minimum absolute atomic E-state index is 0.0410. The lowest BCUT2D eigenvalue weighted by Crippen LogP contribution is -3.61. The molecule has 1 heterocycles. The molecule has 0 aromatic heterocycles. The number of carbonyl (C=O) groups excluding carboxylic acids is 5. The second kappa shape index (κ2) is 15.9. The van der Waals surface area contributed by atoms with Gasteiger partial charge < -0.3 is 33.5 Å². The van der Waals surface area contributed by atoms with Gasteiger partial charge in [0.05, 0.1) is 6.54 Å². The maximum Gasteiger partial charge on any atom is 0.437 e. The van der Waals surface area contributed by atoms with Crippen LogP contribution in [-0.2, 0) is 39.8 Å². The summed E-state index contributed by atoms with van der Waals surface area (Å²) in [6, 6.07) is 6.81. The number of carbonyl (C=O) groups is 5. The Kier molecular flexibility index (Phi) is 12.3. The van der Waals surface area contributed by atoms with Crippen LogP contribution < -0.4 is 21.2 Å². The maximum atomic E-state index is 14.2. The van der Waals surface area contributed by atoms with Crippen molar-refractivity contribution >= 4 is 36.3 Å². The molecule has 4 saturated carbocycles. The van der Waals surface area contributed by atoms with Gasteiger partial charge in [-0.15, -0.1) is 9.89 Å². The number of guanidine groups is 1. The molecule has 4 bridgehead atoms. The summed E-state index contributed by atoms with van der Waals surface area (Å²) in [4.78, 5) is 74.2. The molecule has 5 aliphatic rings. The fourth-order valence-electron chi connectivity index (χ4n) is 7.72. The monoisotopic (exact) mass is 910 g/mol. The molecule has 4 amide bonds. The van der Waals surface area contributed by atoms with Gasteiger partial charge in [0.15, 0.2) is 3.57 Å². The van der Waals surface area contributed by atoms with Crippen molar-refractivity contribution in [2.24, 2.45) is 28.7 Å².